The quantitative estimate of drug-likeness (QED) is 0.165. The van der Waals surface area contributed by atoms with Crippen LogP contribution in [0.5, 0.6) is 0 Å². The molecule has 0 aliphatic carbocycles. The second-order valence-electron chi connectivity index (χ2n) is 14.4. The molecule has 0 unspecified atom stereocenters. The van der Waals surface area contributed by atoms with Crippen LogP contribution in [0.2, 0.25) is 0 Å². The first-order valence-corrected chi connectivity index (χ1v) is 18.3. The Balaban J connectivity index is 0.000000262. The van der Waals surface area contributed by atoms with Crippen LogP contribution in [0, 0.1) is 60.6 Å². The van der Waals surface area contributed by atoms with E-state index < -0.39 is 0 Å². The zero-order valence-electron chi connectivity index (χ0n) is 32.1. The first-order valence-electron chi connectivity index (χ1n) is 18.3. The van der Waals surface area contributed by atoms with Gasteiger partial charge in [-0.1, -0.05) is 72.5 Å². The summed E-state index contributed by atoms with van der Waals surface area (Å²) in [6.45, 7) is 14.8. The van der Waals surface area contributed by atoms with Crippen LogP contribution in [0.4, 0.5) is 0 Å². The van der Waals surface area contributed by atoms with Gasteiger partial charge in [0.05, 0.1) is 5.58 Å². The second-order valence-corrected chi connectivity index (χ2v) is 14.4. The SMILES string of the molecule is Cc1c[c-]c(-c2ccc(C)cn2)cc1.Cc1ccc2c(n1)oc1c(-c3cc(-c4cc5ccc(-c6c(C)cccc6C)cc5cc4C)c(C)cn3)[c-]ccc12.[Ir]. The predicted octanol–water partition coefficient (Wildman–Crippen LogP) is 13.0. The molecule has 0 aliphatic heterocycles. The standard InChI is InChI=1S/C37H29N2O.C13H12N.Ir/c1-21-8-6-9-22(2)35(21)27-14-13-26-18-32(23(3)16-28(26)17-27)33-19-34(38-20-24(33)4)31-11-7-10-29-30-15-12-25(5)39-37(30)40-36(29)31;1-10-3-6-12(7-4-10)13-8-5-11(2)9-14-13;/h6-10,12-20H,1-5H3;3-6,8-9H,1-2H3;/q2*-1;. The molecule has 9 aromatic rings. The molecule has 5 heteroatoms. The van der Waals surface area contributed by atoms with Crippen molar-refractivity contribution in [1.82, 2.24) is 15.0 Å². The minimum Gasteiger partial charge on any atom is -0.486 e. The number of nitrogens with zero attached hydrogens (tertiary/aromatic N) is 3. The molecule has 0 amide bonds. The van der Waals surface area contributed by atoms with E-state index in [0.29, 0.717) is 5.71 Å². The van der Waals surface area contributed by atoms with Gasteiger partial charge in [-0.3, -0.25) is 0 Å². The number of rotatable bonds is 4. The summed E-state index contributed by atoms with van der Waals surface area (Å²) in [6, 6.07) is 45.0. The van der Waals surface area contributed by atoms with Crippen molar-refractivity contribution in [2.45, 2.75) is 48.5 Å². The Hall–Kier alpha value is -5.74. The van der Waals surface area contributed by atoms with E-state index in [2.05, 4.69) is 130 Å². The number of hydrogen-bond acceptors (Lipinski definition) is 4. The number of pyridine rings is 3. The van der Waals surface area contributed by atoms with Gasteiger partial charge in [0.25, 0.3) is 0 Å². The van der Waals surface area contributed by atoms with E-state index >= 15 is 0 Å². The summed E-state index contributed by atoms with van der Waals surface area (Å²) in [7, 11) is 0. The molecule has 273 valence electrons. The van der Waals surface area contributed by atoms with Crippen molar-refractivity contribution in [3.05, 3.63) is 173 Å². The van der Waals surface area contributed by atoms with E-state index in [1.165, 1.54) is 60.8 Å². The second kappa shape index (κ2) is 15.5. The normalized spacial score (nSPS) is 11.0. The van der Waals surface area contributed by atoms with Gasteiger partial charge < -0.3 is 14.4 Å². The molecule has 0 aliphatic rings. The number of aromatic nitrogens is 3. The number of benzene rings is 5. The maximum absolute atomic E-state index is 6.26. The molecule has 0 saturated heterocycles. The van der Waals surface area contributed by atoms with Crippen molar-refractivity contribution in [2.24, 2.45) is 0 Å². The third-order valence-electron chi connectivity index (χ3n) is 10.2. The Morgan fingerprint density at radius 2 is 1.33 bits per heavy atom. The van der Waals surface area contributed by atoms with E-state index in [1.807, 2.05) is 62.6 Å². The van der Waals surface area contributed by atoms with E-state index in [9.17, 15) is 0 Å². The molecule has 0 spiro atoms. The smallest absolute Gasteiger partial charge is 0.216 e. The van der Waals surface area contributed by atoms with Crippen LogP contribution >= 0.6 is 0 Å². The monoisotopic (exact) mass is 892 g/mol. The fourth-order valence-electron chi connectivity index (χ4n) is 7.27. The third-order valence-corrected chi connectivity index (χ3v) is 10.2. The molecule has 0 fully saturated rings. The van der Waals surface area contributed by atoms with Crippen LogP contribution in [0.25, 0.3) is 77.6 Å². The van der Waals surface area contributed by atoms with Gasteiger partial charge in [-0.05, 0) is 138 Å². The Kier molecular flexibility index (Phi) is 10.6. The molecule has 1 radical (unpaired) electrons. The fourth-order valence-corrected chi connectivity index (χ4v) is 7.27. The van der Waals surface area contributed by atoms with Crippen molar-refractivity contribution >= 4 is 32.8 Å². The molecule has 0 saturated carbocycles. The van der Waals surface area contributed by atoms with Gasteiger partial charge >= 0.3 is 0 Å². The summed E-state index contributed by atoms with van der Waals surface area (Å²) in [4.78, 5) is 13.8. The Morgan fingerprint density at radius 1 is 0.564 bits per heavy atom. The average molecular weight is 892 g/mol. The van der Waals surface area contributed by atoms with Gasteiger partial charge in [0, 0.05) is 43.6 Å². The number of furan rings is 1. The van der Waals surface area contributed by atoms with Crippen molar-refractivity contribution in [3.8, 4) is 44.8 Å². The molecule has 9 rings (SSSR count). The first kappa shape index (κ1) is 37.6. The Morgan fingerprint density at radius 3 is 2.07 bits per heavy atom. The minimum absolute atomic E-state index is 0. The molecular weight excluding hydrogens is 851 g/mol. The maximum atomic E-state index is 6.26. The van der Waals surface area contributed by atoms with Crippen LogP contribution in [-0.2, 0) is 20.1 Å². The molecule has 4 aromatic heterocycles. The summed E-state index contributed by atoms with van der Waals surface area (Å²) >= 11 is 0. The summed E-state index contributed by atoms with van der Waals surface area (Å²) in [5.41, 5.74) is 18.4. The molecule has 4 nitrogen and oxygen atoms in total. The molecule has 0 atom stereocenters. The first-order chi connectivity index (χ1) is 26.1. The van der Waals surface area contributed by atoms with Crippen molar-refractivity contribution in [2.75, 3.05) is 0 Å². The Bertz CT molecular complexity index is 2770. The molecule has 4 heterocycles. The zero-order chi connectivity index (χ0) is 37.5. The van der Waals surface area contributed by atoms with Gasteiger partial charge in [0.2, 0.25) is 5.71 Å². The van der Waals surface area contributed by atoms with Crippen LogP contribution in [0.1, 0.15) is 39.1 Å². The average Bonchev–Trinajstić information content (AvgIpc) is 3.54. The van der Waals surface area contributed by atoms with Crippen LogP contribution in [0.3, 0.4) is 0 Å². The number of aryl methyl sites for hydroxylation is 7. The third kappa shape index (κ3) is 7.51. The fraction of sp³-hybridized carbons (Fsp3) is 0.140. The minimum atomic E-state index is 0. The Labute approximate surface area is 336 Å². The molecule has 5 aromatic carbocycles. The van der Waals surface area contributed by atoms with Crippen LogP contribution in [-0.4, -0.2) is 15.0 Å². The summed E-state index contributed by atoms with van der Waals surface area (Å²) < 4.78 is 6.26. The summed E-state index contributed by atoms with van der Waals surface area (Å²) in [6.07, 6.45) is 3.83. The topological polar surface area (TPSA) is 51.8 Å². The van der Waals surface area contributed by atoms with Gasteiger partial charge in [0.1, 0.15) is 0 Å². The van der Waals surface area contributed by atoms with Gasteiger partial charge in [-0.15, -0.1) is 53.6 Å². The molecular formula is C50H41IrN3O-2. The molecule has 0 bridgehead atoms. The van der Waals surface area contributed by atoms with Gasteiger partial charge in [0.15, 0.2) is 0 Å². The molecule has 55 heavy (non-hydrogen) atoms. The number of hydrogen-bond donors (Lipinski definition) is 0. The van der Waals surface area contributed by atoms with Gasteiger partial charge in [-0.25, -0.2) is 4.98 Å². The van der Waals surface area contributed by atoms with E-state index in [-0.39, 0.29) is 20.1 Å². The zero-order valence-corrected chi connectivity index (χ0v) is 34.5. The number of fused-ring (bicyclic) bond motifs is 4. The molecule has 0 N–H and O–H groups in total. The van der Waals surface area contributed by atoms with E-state index in [0.717, 1.165) is 50.1 Å². The maximum Gasteiger partial charge on any atom is 0.216 e. The van der Waals surface area contributed by atoms with Crippen LogP contribution < -0.4 is 0 Å². The van der Waals surface area contributed by atoms with Crippen molar-refractivity contribution in [3.63, 3.8) is 0 Å². The predicted molar refractivity (Wildman–Crippen MR) is 224 cm³/mol. The summed E-state index contributed by atoms with van der Waals surface area (Å²) in [5.74, 6) is 0. The van der Waals surface area contributed by atoms with Crippen molar-refractivity contribution in [1.29, 1.82) is 0 Å². The summed E-state index contributed by atoms with van der Waals surface area (Å²) in [5, 5.41) is 4.51. The largest absolute Gasteiger partial charge is 0.486 e. The van der Waals surface area contributed by atoms with Crippen LogP contribution in [0.15, 0.2) is 126 Å². The van der Waals surface area contributed by atoms with Crippen molar-refractivity contribution < 1.29 is 24.5 Å². The van der Waals surface area contributed by atoms with E-state index in [1.54, 1.807) is 0 Å². The van der Waals surface area contributed by atoms with E-state index in [4.69, 9.17) is 9.40 Å². The van der Waals surface area contributed by atoms with Gasteiger partial charge in [-0.2, -0.15) is 0 Å².